The van der Waals surface area contributed by atoms with Gasteiger partial charge in [-0.25, -0.2) is 6.07 Å². The van der Waals surface area contributed by atoms with Crippen molar-refractivity contribution < 1.29 is 51.0 Å². The number of unbranched alkanes of at least 4 members (excludes halogenated alkanes) is 1. The van der Waals surface area contributed by atoms with E-state index in [2.05, 4.69) is 77.5 Å². The largest absolute Gasteiger partial charge is 1.00 e. The molecule has 0 heterocycles. The quantitative estimate of drug-likeness (QED) is 0.316. The molecule has 0 aliphatic carbocycles. The third-order valence-corrected chi connectivity index (χ3v) is 3.87. The van der Waals surface area contributed by atoms with E-state index in [4.69, 9.17) is 0 Å². The third kappa shape index (κ3) is 17.4. The third-order valence-electron chi connectivity index (χ3n) is 3.18. The molecule has 160 valence electrons. The molecule has 0 aliphatic heterocycles. The fourth-order valence-corrected chi connectivity index (χ4v) is 2.60. The van der Waals surface area contributed by atoms with Gasteiger partial charge in [-0.15, -0.1) is 29.0 Å². The van der Waals surface area contributed by atoms with Crippen LogP contribution in [0.4, 0.5) is 0 Å². The molecule has 3 aromatic rings. The maximum absolute atomic E-state index is 3.48. The van der Waals surface area contributed by atoms with Gasteiger partial charge in [-0.3, -0.25) is 0 Å². The molecule has 6 heteroatoms. The molecule has 0 bridgehead atoms. The first-order valence-corrected chi connectivity index (χ1v) is 7.61. The van der Waals surface area contributed by atoms with E-state index < -0.39 is 0 Å². The van der Waals surface area contributed by atoms with Gasteiger partial charge in [-0.1, -0.05) is 48.2 Å². The fourth-order valence-electron chi connectivity index (χ4n) is 2.08. The van der Waals surface area contributed by atoms with E-state index in [0.29, 0.717) is 0 Å². The van der Waals surface area contributed by atoms with Crippen molar-refractivity contribution in [1.29, 1.82) is 0 Å². The van der Waals surface area contributed by atoms with Crippen LogP contribution in [-0.2, 0) is 32.6 Å². The summed E-state index contributed by atoms with van der Waals surface area (Å²) in [5.74, 6) is 0. The van der Waals surface area contributed by atoms with Gasteiger partial charge in [0.15, 0.2) is 0 Å². The molecule has 0 nitrogen and oxygen atoms in total. The molecule has 0 atom stereocenters. The number of rotatable bonds is 3. The summed E-state index contributed by atoms with van der Waals surface area (Å²) in [7, 11) is 0. The number of hydrogen-bond donors (Lipinski definition) is 0. The zero-order valence-electron chi connectivity index (χ0n) is 17.5. The summed E-state index contributed by atoms with van der Waals surface area (Å²) < 4.78 is 1.18. The molecule has 0 aliphatic rings. The van der Waals surface area contributed by atoms with Crippen LogP contribution in [0.1, 0.15) is 25.3 Å². The minimum Gasteiger partial charge on any atom is -1.00 e. The minimum absolute atomic E-state index is 0. The second-order valence-electron chi connectivity index (χ2n) is 4.67. The van der Waals surface area contributed by atoms with Crippen LogP contribution in [0.2, 0.25) is 0 Å². The van der Waals surface area contributed by atoms with Crippen molar-refractivity contribution in [2.24, 2.45) is 0 Å². The fraction of sp³-hybridized carbons (Fsp3) is 0.182. The van der Waals surface area contributed by atoms with Crippen LogP contribution in [0, 0.1) is 29.7 Å². The zero-order valence-corrected chi connectivity index (χ0v) is 25.1. The van der Waals surface area contributed by atoms with Crippen molar-refractivity contribution >= 4 is 48.6 Å². The first-order valence-electron chi connectivity index (χ1n) is 6.82. The van der Waals surface area contributed by atoms with Crippen LogP contribution in [0.3, 0.4) is 0 Å². The van der Waals surface area contributed by atoms with Crippen LogP contribution in [0.15, 0.2) is 65.1 Å². The smallest absolute Gasteiger partial charge is 0 e. The molecule has 0 amide bonds. The summed E-state index contributed by atoms with van der Waals surface area (Å²) in [5, 5.41) is 2.59. The minimum atomic E-state index is 0. The topological polar surface area (TPSA) is 0 Å². The average molecular weight is 594 g/mol. The molecule has 28 heavy (non-hydrogen) atoms. The Labute approximate surface area is 224 Å². The summed E-state index contributed by atoms with van der Waals surface area (Å²) in [6.45, 7) is 2.23. The van der Waals surface area contributed by atoms with E-state index in [1.807, 2.05) is 6.07 Å². The van der Waals surface area contributed by atoms with Crippen LogP contribution in [0.25, 0.3) is 10.8 Å². The molecule has 0 fully saturated rings. The van der Waals surface area contributed by atoms with E-state index in [0.717, 1.165) is 0 Å². The second-order valence-corrected chi connectivity index (χ2v) is 5.52. The Hall–Kier alpha value is 0.557. The van der Waals surface area contributed by atoms with E-state index in [1.54, 1.807) is 0 Å². The average Bonchev–Trinajstić information content (AvgIpc) is 3.09. The summed E-state index contributed by atoms with van der Waals surface area (Å²) in [4.78, 5) is 0. The van der Waals surface area contributed by atoms with Gasteiger partial charge in [0.2, 0.25) is 0 Å². The molecule has 0 N–H and O–H groups in total. The van der Waals surface area contributed by atoms with E-state index in [9.17, 15) is 0 Å². The maximum atomic E-state index is 3.48. The first-order chi connectivity index (χ1) is 9.31. The number of aryl methyl sites for hydroxylation is 1. The number of halogens is 3. The van der Waals surface area contributed by atoms with Gasteiger partial charge in [-0.2, -0.15) is 35.9 Å². The monoisotopic (exact) mass is 590 g/mol. The Morgan fingerprint density at radius 2 is 1.50 bits per heavy atom. The van der Waals surface area contributed by atoms with Gasteiger partial charge >= 0.3 is 0 Å². The Balaban J connectivity index is -0.0000000362. The van der Waals surface area contributed by atoms with Crippen molar-refractivity contribution in [2.45, 2.75) is 26.2 Å². The summed E-state index contributed by atoms with van der Waals surface area (Å²) in [6.07, 6.45) is 3.87. The van der Waals surface area contributed by atoms with E-state index >= 15 is 0 Å². The summed E-state index contributed by atoms with van der Waals surface area (Å²) in [6, 6.07) is 21.1. The Kier molecular flexibility index (Phi) is 54.5. The van der Waals surface area contributed by atoms with Gasteiger partial charge in [0.25, 0.3) is 0 Å². The van der Waals surface area contributed by atoms with Gasteiger partial charge in [0.05, 0.1) is 0 Å². The summed E-state index contributed by atoms with van der Waals surface area (Å²) in [5.41, 5.74) is 1.48. The van der Waals surface area contributed by atoms with Crippen molar-refractivity contribution in [1.82, 2.24) is 0 Å². The molecular weight excluding hydrogens is 562 g/mol. The zero-order chi connectivity index (χ0) is 13.5. The van der Waals surface area contributed by atoms with Gasteiger partial charge in [0.1, 0.15) is 0 Å². The van der Waals surface area contributed by atoms with Crippen molar-refractivity contribution in [3.05, 3.63) is 100 Å². The molecule has 0 aromatic heterocycles. The molecule has 0 spiro atoms. The number of hydrogen-bond acceptors (Lipinski definition) is 0. The van der Waals surface area contributed by atoms with E-state index in [-0.39, 0.29) is 103 Å². The molecule has 0 saturated heterocycles. The Bertz CT molecular complexity index is 614. The molecule has 3 aromatic carbocycles. The SMILES string of the molecule is Brc1cccc2[cH-]ccc12.CCCCc1cc[cH-]c1.[CH3-].[CH3-].[CH3-].[CH3-].[Cl-].[Cl-].[Si].[Si].[Zr]. The van der Waals surface area contributed by atoms with Gasteiger partial charge in [0, 0.05) is 48.1 Å². The second kappa shape index (κ2) is 29.8. The molecule has 0 unspecified atom stereocenters. The number of fused-ring (bicyclic) bond motifs is 1. The van der Waals surface area contributed by atoms with Crippen molar-refractivity contribution in [2.75, 3.05) is 0 Å². The standard InChI is InChI=1S/C9H6Br.C9H13.4CH3.2ClH.2Si.Zr/c10-9-6-2-4-7-3-1-5-8(7)9;1-2-3-6-9-7-4-5-8-9;;;;;;;;;/h1-6H;4-5,7-8H,2-3,6H2,1H3;4*1H3;2*1H;;;/q6*-1;;;;;/p-2. The maximum Gasteiger partial charge on any atom is 0 e. The predicted molar refractivity (Wildman–Crippen MR) is 125 cm³/mol. The Morgan fingerprint density at radius 1 is 0.893 bits per heavy atom. The molecule has 3 rings (SSSR count). The van der Waals surface area contributed by atoms with Crippen LogP contribution < -0.4 is 24.8 Å². The first kappa shape index (κ1) is 51.3. The predicted octanol–water partition coefficient (Wildman–Crippen LogP) is 1.11. The van der Waals surface area contributed by atoms with Crippen LogP contribution >= 0.6 is 15.9 Å². The normalized spacial score (nSPS) is 6.93. The van der Waals surface area contributed by atoms with Crippen LogP contribution in [-0.4, -0.2) is 21.9 Å². The summed E-state index contributed by atoms with van der Waals surface area (Å²) >= 11 is 3.48. The molecule has 0 saturated carbocycles. The van der Waals surface area contributed by atoms with Gasteiger partial charge in [-0.05, 0) is 4.47 Å². The van der Waals surface area contributed by atoms with Gasteiger partial charge < -0.3 is 54.5 Å². The van der Waals surface area contributed by atoms with Crippen LogP contribution in [0.5, 0.6) is 0 Å². The van der Waals surface area contributed by atoms with Crippen molar-refractivity contribution in [3.63, 3.8) is 0 Å². The van der Waals surface area contributed by atoms with E-state index in [1.165, 1.54) is 40.1 Å². The Morgan fingerprint density at radius 3 is 1.96 bits per heavy atom. The molecule has 8 radical (unpaired) electrons. The number of benzene rings is 1. The van der Waals surface area contributed by atoms with Crippen molar-refractivity contribution in [3.8, 4) is 0 Å². The molecular formula is C22H31BrCl2Si2Zr-8.